The maximum Gasteiger partial charge on any atom is 0.251 e. The lowest BCUT2D eigenvalue weighted by Gasteiger charge is -2.19. The molecule has 4 aromatic rings. The number of carbonyl (C=O) groups is 1. The van der Waals surface area contributed by atoms with Gasteiger partial charge in [-0.1, -0.05) is 54.1 Å². The first-order valence-corrected chi connectivity index (χ1v) is 13.2. The van der Waals surface area contributed by atoms with E-state index in [0.29, 0.717) is 30.0 Å². The predicted molar refractivity (Wildman–Crippen MR) is 155 cm³/mol. The molecule has 1 aliphatic carbocycles. The van der Waals surface area contributed by atoms with Gasteiger partial charge in [-0.05, 0) is 89.7 Å². The summed E-state index contributed by atoms with van der Waals surface area (Å²) in [5.74, 6) is 0.256. The summed E-state index contributed by atoms with van der Waals surface area (Å²) in [5, 5.41) is 17.7. The number of fused-ring (bicyclic) bond motifs is 1. The summed E-state index contributed by atoms with van der Waals surface area (Å²) in [6, 6.07) is 26.7. The summed E-state index contributed by atoms with van der Waals surface area (Å²) < 4.78 is 13.1. The van der Waals surface area contributed by atoms with E-state index in [2.05, 4.69) is 15.6 Å². The van der Waals surface area contributed by atoms with Crippen LogP contribution in [0.3, 0.4) is 0 Å². The van der Waals surface area contributed by atoms with Gasteiger partial charge in [-0.15, -0.1) is 0 Å². The Balaban J connectivity index is 1.23. The van der Waals surface area contributed by atoms with Crippen molar-refractivity contribution in [1.82, 2.24) is 5.32 Å². The number of benzene rings is 4. The van der Waals surface area contributed by atoms with E-state index >= 15 is 0 Å². The van der Waals surface area contributed by atoms with Crippen molar-refractivity contribution >= 4 is 29.0 Å². The second-order valence-corrected chi connectivity index (χ2v) is 10.1. The predicted octanol–water partition coefficient (Wildman–Crippen LogP) is 6.61. The number of aliphatic hydroxyl groups excluding tert-OH is 1. The van der Waals surface area contributed by atoms with E-state index in [1.807, 2.05) is 61.5 Å². The highest BCUT2D eigenvalue weighted by Crippen LogP contribution is 2.34. The Morgan fingerprint density at radius 1 is 0.974 bits per heavy atom. The Kier molecular flexibility index (Phi) is 8.05. The number of nitrogens with zero attached hydrogens (tertiary/aromatic N) is 1. The Hall–Kier alpha value is -4.00. The van der Waals surface area contributed by atoms with Crippen LogP contribution in [0.15, 0.2) is 96.0 Å². The molecule has 0 spiro atoms. The molecule has 4 aromatic carbocycles. The van der Waals surface area contributed by atoms with E-state index in [9.17, 15) is 14.3 Å². The van der Waals surface area contributed by atoms with Crippen LogP contribution in [-0.2, 0) is 12.8 Å². The van der Waals surface area contributed by atoms with Crippen LogP contribution in [0.4, 0.5) is 10.1 Å². The second-order valence-electron chi connectivity index (χ2n) is 9.69. The molecule has 0 radical (unpaired) electrons. The van der Waals surface area contributed by atoms with Crippen LogP contribution in [0.5, 0.6) is 0 Å². The van der Waals surface area contributed by atoms with Crippen molar-refractivity contribution in [3.8, 4) is 11.1 Å². The average Bonchev–Trinajstić information content (AvgIpc) is 3.24. The molecular weight excluding hydrogens is 513 g/mol. The van der Waals surface area contributed by atoms with Crippen molar-refractivity contribution < 1.29 is 14.3 Å². The van der Waals surface area contributed by atoms with Crippen LogP contribution >= 0.6 is 11.6 Å². The molecule has 1 aliphatic rings. The third-order valence-electron chi connectivity index (χ3n) is 6.89. The zero-order valence-electron chi connectivity index (χ0n) is 21.5. The van der Waals surface area contributed by atoms with E-state index < -0.39 is 12.1 Å². The van der Waals surface area contributed by atoms with Crippen molar-refractivity contribution in [1.29, 1.82) is 0 Å². The second kappa shape index (κ2) is 11.8. The van der Waals surface area contributed by atoms with E-state index in [0.717, 1.165) is 39.3 Å². The highest BCUT2D eigenvalue weighted by atomic mass is 35.5. The number of aliphatic hydroxyl groups is 1. The maximum absolute atomic E-state index is 13.1. The lowest BCUT2D eigenvalue weighted by Crippen LogP contribution is -2.33. The maximum atomic E-state index is 13.1. The summed E-state index contributed by atoms with van der Waals surface area (Å²) in [4.78, 5) is 17.6. The molecule has 198 valence electrons. The van der Waals surface area contributed by atoms with Gasteiger partial charge in [0.25, 0.3) is 5.91 Å². The van der Waals surface area contributed by atoms with Gasteiger partial charge < -0.3 is 15.7 Å². The standard InChI is InChI=1S/C32H29ClFN3O2/c1-20(35-17-16-21-2-13-27(34)14-3-21)36-28-15-10-25-18-30(38)31(29(25)19-28)37-32(39)24-6-4-22(5-7-24)23-8-11-26(33)12-9-23/h2-15,19,30-31,38H,16-18H2,1H3,(H,35,36)(H,37,39)/t30-,31-/m1/s1. The lowest BCUT2D eigenvalue weighted by molar-refractivity contribution is 0.0858. The Morgan fingerprint density at radius 2 is 1.64 bits per heavy atom. The van der Waals surface area contributed by atoms with Crippen LogP contribution in [0, 0.1) is 5.82 Å². The number of amides is 1. The zero-order valence-corrected chi connectivity index (χ0v) is 22.3. The summed E-state index contributed by atoms with van der Waals surface area (Å²) in [6.45, 7) is 2.46. The highest BCUT2D eigenvalue weighted by Gasteiger charge is 2.32. The minimum absolute atomic E-state index is 0.244. The molecule has 1 amide bonds. The van der Waals surface area contributed by atoms with Gasteiger partial charge in [-0.2, -0.15) is 0 Å². The number of carbonyl (C=O) groups excluding carboxylic acids is 1. The largest absolute Gasteiger partial charge is 0.390 e. The molecule has 7 heteroatoms. The fourth-order valence-electron chi connectivity index (χ4n) is 4.81. The van der Waals surface area contributed by atoms with Gasteiger partial charge >= 0.3 is 0 Å². The van der Waals surface area contributed by atoms with Crippen molar-refractivity contribution in [3.05, 3.63) is 124 Å². The van der Waals surface area contributed by atoms with Gasteiger partial charge in [0.1, 0.15) is 5.82 Å². The minimum atomic E-state index is -0.710. The monoisotopic (exact) mass is 541 g/mol. The van der Waals surface area contributed by atoms with Gasteiger partial charge in [0.15, 0.2) is 0 Å². The minimum Gasteiger partial charge on any atom is -0.390 e. The van der Waals surface area contributed by atoms with Crippen molar-refractivity contribution in [2.75, 3.05) is 11.9 Å². The highest BCUT2D eigenvalue weighted by molar-refractivity contribution is 6.30. The number of nitrogens with one attached hydrogen (secondary N) is 2. The molecule has 2 atom stereocenters. The van der Waals surface area contributed by atoms with Crippen molar-refractivity contribution in [3.63, 3.8) is 0 Å². The van der Waals surface area contributed by atoms with Gasteiger partial charge in [0.2, 0.25) is 0 Å². The summed E-state index contributed by atoms with van der Waals surface area (Å²) in [5.41, 5.74) is 6.27. The smallest absolute Gasteiger partial charge is 0.251 e. The van der Waals surface area contributed by atoms with Crippen LogP contribution in [0.25, 0.3) is 11.1 Å². The lowest BCUT2D eigenvalue weighted by atomic mass is 10.0. The van der Waals surface area contributed by atoms with Gasteiger partial charge in [0.05, 0.1) is 18.0 Å². The fourth-order valence-corrected chi connectivity index (χ4v) is 4.93. The normalized spacial score (nSPS) is 16.6. The molecule has 0 aliphatic heterocycles. The molecule has 0 heterocycles. The van der Waals surface area contributed by atoms with Gasteiger partial charge in [-0.3, -0.25) is 9.79 Å². The molecule has 0 saturated carbocycles. The molecular formula is C32H29ClFN3O2. The molecule has 5 rings (SSSR count). The number of rotatable bonds is 7. The Morgan fingerprint density at radius 3 is 2.33 bits per heavy atom. The average molecular weight is 542 g/mol. The summed E-state index contributed by atoms with van der Waals surface area (Å²) >= 11 is 5.98. The third-order valence-corrected chi connectivity index (χ3v) is 7.15. The molecule has 0 bridgehead atoms. The molecule has 0 unspecified atom stereocenters. The van der Waals surface area contributed by atoms with Crippen LogP contribution in [0.2, 0.25) is 5.02 Å². The molecule has 0 fully saturated rings. The molecule has 39 heavy (non-hydrogen) atoms. The van der Waals surface area contributed by atoms with E-state index in [1.165, 1.54) is 12.1 Å². The van der Waals surface area contributed by atoms with Crippen molar-refractivity contribution in [2.45, 2.75) is 31.9 Å². The van der Waals surface area contributed by atoms with Crippen LogP contribution in [0.1, 0.15) is 40.0 Å². The molecule has 3 N–H and O–H groups in total. The Bertz CT molecular complexity index is 1490. The van der Waals surface area contributed by atoms with Gasteiger partial charge in [-0.25, -0.2) is 4.39 Å². The fraction of sp³-hybridized carbons (Fsp3) is 0.188. The first-order valence-electron chi connectivity index (χ1n) is 12.9. The Labute approximate surface area is 232 Å². The number of hydrogen-bond acceptors (Lipinski definition) is 3. The number of anilines is 1. The van der Waals surface area contributed by atoms with Crippen molar-refractivity contribution in [2.24, 2.45) is 4.99 Å². The van der Waals surface area contributed by atoms with E-state index in [4.69, 9.17) is 11.6 Å². The van der Waals surface area contributed by atoms with E-state index in [1.54, 1.807) is 24.3 Å². The number of halogens is 2. The number of amidine groups is 1. The third kappa shape index (κ3) is 6.53. The first kappa shape index (κ1) is 26.6. The van der Waals surface area contributed by atoms with Crippen LogP contribution < -0.4 is 10.6 Å². The number of hydrogen-bond donors (Lipinski definition) is 3. The summed E-state index contributed by atoms with van der Waals surface area (Å²) in [7, 11) is 0. The number of aliphatic imine (C=N–C) groups is 1. The van der Waals surface area contributed by atoms with Crippen LogP contribution in [-0.4, -0.2) is 29.5 Å². The zero-order chi connectivity index (χ0) is 27.4. The molecule has 0 aromatic heterocycles. The van der Waals surface area contributed by atoms with E-state index in [-0.39, 0.29) is 11.7 Å². The summed E-state index contributed by atoms with van der Waals surface area (Å²) in [6.07, 6.45) is 0.476. The first-order chi connectivity index (χ1) is 18.9. The SMILES string of the molecule is CC(=NCCc1ccc(F)cc1)Nc1ccc2c(c1)[C@@H](NC(=O)c1ccc(-c3ccc(Cl)cc3)cc1)[C@H](O)C2. The van der Waals surface area contributed by atoms with Gasteiger partial charge in [0, 0.05) is 29.2 Å². The topological polar surface area (TPSA) is 73.7 Å². The molecule has 5 nitrogen and oxygen atoms in total. The molecule has 0 saturated heterocycles. The quantitative estimate of drug-likeness (QED) is 0.182.